The lowest BCUT2D eigenvalue weighted by Crippen LogP contribution is -2.32. The molecule has 1 rings (SSSR count). The molecule has 0 atom stereocenters. The predicted octanol–water partition coefficient (Wildman–Crippen LogP) is 0.196. The van der Waals surface area contributed by atoms with Crippen LogP contribution in [-0.4, -0.2) is 21.6 Å². The predicted molar refractivity (Wildman–Crippen MR) is 57.7 cm³/mol. The minimum atomic E-state index is -0.131. The van der Waals surface area contributed by atoms with Gasteiger partial charge in [-0.3, -0.25) is 13.9 Å². The Morgan fingerprint density at radius 3 is 2.60 bits per heavy atom. The Morgan fingerprint density at radius 2 is 2.00 bits per heavy atom. The van der Waals surface area contributed by atoms with Crippen molar-refractivity contribution in [3.8, 4) is 0 Å². The van der Waals surface area contributed by atoms with E-state index in [0.29, 0.717) is 13.1 Å². The molecule has 0 saturated carbocycles. The van der Waals surface area contributed by atoms with Crippen molar-refractivity contribution in [3.63, 3.8) is 0 Å². The normalized spacial score (nSPS) is 10.3. The van der Waals surface area contributed by atoms with Gasteiger partial charge in [-0.1, -0.05) is 6.92 Å². The number of aryl methyl sites for hydroxylation is 1. The van der Waals surface area contributed by atoms with Crippen molar-refractivity contribution in [1.82, 2.24) is 14.5 Å². The molecule has 1 N–H and O–H groups in total. The van der Waals surface area contributed by atoms with E-state index in [1.165, 1.54) is 4.57 Å². The fraction of sp³-hybridized carbons (Fsp3) is 0.600. The molecule has 5 heteroatoms. The molecule has 84 valence electrons. The lowest BCUT2D eigenvalue weighted by atomic mass is 10.5. The third kappa shape index (κ3) is 2.97. The van der Waals surface area contributed by atoms with Gasteiger partial charge in [0.25, 0.3) is 0 Å². The monoisotopic (exact) mass is 211 g/mol. The van der Waals surface area contributed by atoms with Gasteiger partial charge in [-0.2, -0.15) is 0 Å². The maximum Gasteiger partial charge on any atom is 0.328 e. The molecule has 1 amide bonds. The number of hydrogen-bond donors (Lipinski definition) is 1. The molecule has 1 heterocycles. The summed E-state index contributed by atoms with van der Waals surface area (Å²) in [5.41, 5.74) is -0.122. The van der Waals surface area contributed by atoms with Gasteiger partial charge >= 0.3 is 5.69 Å². The van der Waals surface area contributed by atoms with Crippen LogP contribution in [0.2, 0.25) is 0 Å². The standard InChI is InChI=1S/C10H17N3O2/c1-3-5-12-6-7-13(10(12)15)8-9(14)11-4-2/h6-7H,3-5,8H2,1-2H3,(H,11,14). The summed E-state index contributed by atoms with van der Waals surface area (Å²) in [6.07, 6.45) is 4.27. The maximum atomic E-state index is 11.6. The smallest absolute Gasteiger partial charge is 0.328 e. The van der Waals surface area contributed by atoms with E-state index in [0.717, 1.165) is 6.42 Å². The number of amides is 1. The number of carbonyl (C=O) groups excluding carboxylic acids is 1. The SMILES string of the molecule is CCCn1ccn(CC(=O)NCC)c1=O. The fourth-order valence-corrected chi connectivity index (χ4v) is 1.39. The second kappa shape index (κ2) is 5.38. The van der Waals surface area contributed by atoms with Gasteiger partial charge in [0.2, 0.25) is 5.91 Å². The Bertz CT molecular complexity index is 378. The van der Waals surface area contributed by atoms with Crippen molar-refractivity contribution in [3.05, 3.63) is 22.9 Å². The number of likely N-dealkylation sites (N-methyl/N-ethyl adjacent to an activating group) is 1. The highest BCUT2D eigenvalue weighted by atomic mass is 16.2. The Kier molecular flexibility index (Phi) is 4.15. The van der Waals surface area contributed by atoms with Crippen LogP contribution in [0.4, 0.5) is 0 Å². The topological polar surface area (TPSA) is 56.0 Å². The number of carbonyl (C=O) groups is 1. The van der Waals surface area contributed by atoms with Crippen LogP contribution in [0.15, 0.2) is 17.2 Å². The van der Waals surface area contributed by atoms with Gasteiger partial charge in [-0.25, -0.2) is 4.79 Å². The Morgan fingerprint density at radius 1 is 1.33 bits per heavy atom. The average molecular weight is 211 g/mol. The van der Waals surface area contributed by atoms with Crippen LogP contribution in [0.5, 0.6) is 0 Å². The lowest BCUT2D eigenvalue weighted by Gasteiger charge is -2.02. The molecular weight excluding hydrogens is 194 g/mol. The summed E-state index contributed by atoms with van der Waals surface area (Å²) < 4.78 is 3.03. The summed E-state index contributed by atoms with van der Waals surface area (Å²) >= 11 is 0. The molecule has 0 saturated heterocycles. The summed E-state index contributed by atoms with van der Waals surface area (Å²) in [6.45, 7) is 5.24. The number of rotatable bonds is 5. The molecule has 0 radical (unpaired) electrons. The first-order valence-corrected chi connectivity index (χ1v) is 5.21. The van der Waals surface area contributed by atoms with E-state index in [2.05, 4.69) is 5.32 Å². The van der Waals surface area contributed by atoms with E-state index >= 15 is 0 Å². The molecule has 1 aromatic heterocycles. The van der Waals surface area contributed by atoms with E-state index in [4.69, 9.17) is 0 Å². The zero-order chi connectivity index (χ0) is 11.3. The first-order valence-electron chi connectivity index (χ1n) is 5.21. The van der Waals surface area contributed by atoms with Gasteiger partial charge in [0.1, 0.15) is 6.54 Å². The second-order valence-corrected chi connectivity index (χ2v) is 3.36. The molecule has 0 aromatic carbocycles. The van der Waals surface area contributed by atoms with E-state index in [-0.39, 0.29) is 18.1 Å². The van der Waals surface area contributed by atoms with Crippen molar-refractivity contribution in [2.45, 2.75) is 33.4 Å². The minimum absolute atomic E-state index is 0.101. The molecule has 0 fully saturated rings. The highest BCUT2D eigenvalue weighted by Gasteiger charge is 2.06. The van der Waals surface area contributed by atoms with Crippen LogP contribution < -0.4 is 11.0 Å². The van der Waals surface area contributed by atoms with E-state index in [9.17, 15) is 9.59 Å². The number of aromatic nitrogens is 2. The van der Waals surface area contributed by atoms with Gasteiger partial charge < -0.3 is 5.32 Å². The maximum absolute atomic E-state index is 11.6. The van der Waals surface area contributed by atoms with Crippen molar-refractivity contribution in [2.75, 3.05) is 6.54 Å². The molecule has 5 nitrogen and oxygen atoms in total. The molecule has 0 spiro atoms. The summed E-state index contributed by atoms with van der Waals surface area (Å²) in [5.74, 6) is -0.131. The van der Waals surface area contributed by atoms with Crippen LogP contribution in [0.25, 0.3) is 0 Å². The zero-order valence-corrected chi connectivity index (χ0v) is 9.19. The van der Waals surface area contributed by atoms with Crippen molar-refractivity contribution in [2.24, 2.45) is 0 Å². The number of nitrogens with one attached hydrogen (secondary N) is 1. The number of hydrogen-bond acceptors (Lipinski definition) is 2. The van der Waals surface area contributed by atoms with Gasteiger partial charge in [0.05, 0.1) is 0 Å². The largest absolute Gasteiger partial charge is 0.355 e. The van der Waals surface area contributed by atoms with Crippen LogP contribution >= 0.6 is 0 Å². The lowest BCUT2D eigenvalue weighted by molar-refractivity contribution is -0.121. The van der Waals surface area contributed by atoms with E-state index < -0.39 is 0 Å². The Hall–Kier alpha value is -1.52. The highest BCUT2D eigenvalue weighted by molar-refractivity contribution is 5.75. The fourth-order valence-electron chi connectivity index (χ4n) is 1.39. The zero-order valence-electron chi connectivity index (χ0n) is 9.19. The van der Waals surface area contributed by atoms with Gasteiger partial charge in [-0.05, 0) is 13.3 Å². The molecule has 0 unspecified atom stereocenters. The van der Waals surface area contributed by atoms with Gasteiger partial charge in [0.15, 0.2) is 0 Å². The van der Waals surface area contributed by atoms with Crippen LogP contribution in [0.1, 0.15) is 20.3 Å². The highest BCUT2D eigenvalue weighted by Crippen LogP contribution is 1.88. The minimum Gasteiger partial charge on any atom is -0.355 e. The molecular formula is C10H17N3O2. The van der Waals surface area contributed by atoms with Crippen LogP contribution in [-0.2, 0) is 17.9 Å². The van der Waals surface area contributed by atoms with Crippen molar-refractivity contribution < 1.29 is 4.79 Å². The molecule has 15 heavy (non-hydrogen) atoms. The molecule has 1 aromatic rings. The van der Waals surface area contributed by atoms with Crippen molar-refractivity contribution in [1.29, 1.82) is 0 Å². The van der Waals surface area contributed by atoms with E-state index in [1.54, 1.807) is 17.0 Å². The first kappa shape index (κ1) is 11.6. The summed E-state index contributed by atoms with van der Waals surface area (Å²) in [5, 5.41) is 2.65. The number of imidazole rings is 1. The van der Waals surface area contributed by atoms with Gasteiger partial charge in [-0.15, -0.1) is 0 Å². The molecule has 0 aliphatic rings. The van der Waals surface area contributed by atoms with E-state index in [1.807, 2.05) is 13.8 Å². The van der Waals surface area contributed by atoms with Gasteiger partial charge in [0, 0.05) is 25.5 Å². The summed E-state index contributed by atoms with van der Waals surface area (Å²) in [7, 11) is 0. The average Bonchev–Trinajstić information content (AvgIpc) is 2.51. The molecule has 0 aliphatic carbocycles. The molecule has 0 bridgehead atoms. The molecule has 0 aliphatic heterocycles. The van der Waals surface area contributed by atoms with Crippen LogP contribution in [0.3, 0.4) is 0 Å². The third-order valence-electron chi connectivity index (χ3n) is 2.07. The number of nitrogens with zero attached hydrogens (tertiary/aromatic N) is 2. The third-order valence-corrected chi connectivity index (χ3v) is 2.07. The first-order chi connectivity index (χ1) is 7.19. The summed E-state index contributed by atoms with van der Waals surface area (Å²) in [4.78, 5) is 22.9. The second-order valence-electron chi connectivity index (χ2n) is 3.36. The quantitative estimate of drug-likeness (QED) is 0.756. The Labute approximate surface area is 88.7 Å². The van der Waals surface area contributed by atoms with Crippen LogP contribution in [0, 0.1) is 0 Å². The van der Waals surface area contributed by atoms with Crippen molar-refractivity contribution >= 4 is 5.91 Å². The Balaban J connectivity index is 2.70. The summed E-state index contributed by atoms with van der Waals surface area (Å²) in [6, 6.07) is 0.